The van der Waals surface area contributed by atoms with Crippen molar-refractivity contribution in [2.75, 3.05) is 0 Å². The van der Waals surface area contributed by atoms with Gasteiger partial charge in [0.15, 0.2) is 0 Å². The maximum Gasteiger partial charge on any atom is 0.134 e. The van der Waals surface area contributed by atoms with Gasteiger partial charge in [-0.05, 0) is 96.9 Å². The molecule has 0 bridgehead atoms. The number of ketones is 1. The zero-order chi connectivity index (χ0) is 25.9. The lowest BCUT2D eigenvalue weighted by Gasteiger charge is -2.38. The van der Waals surface area contributed by atoms with Crippen LogP contribution in [0.4, 0.5) is 0 Å². The molecule has 4 rings (SSSR count). The number of carbonyl (C=O) groups is 1. The lowest BCUT2D eigenvalue weighted by Crippen LogP contribution is -2.29. The number of hydrogen-bond donors (Lipinski definition) is 0. The highest BCUT2D eigenvalue weighted by atomic mass is 16.1. The lowest BCUT2D eigenvalue weighted by molar-refractivity contribution is -0.116. The molecular weight excluding hydrogens is 438 g/mol. The number of benzene rings is 2. The summed E-state index contributed by atoms with van der Waals surface area (Å²) < 4.78 is 0. The fraction of sp³-hybridized carbons (Fsp3) is 0.471. The maximum absolute atomic E-state index is 11.6. The Balaban J connectivity index is 1.71. The van der Waals surface area contributed by atoms with Gasteiger partial charge >= 0.3 is 0 Å². The largest absolute Gasteiger partial charge is 0.300 e. The van der Waals surface area contributed by atoms with Gasteiger partial charge in [0.25, 0.3) is 0 Å². The number of pyridine rings is 1. The third-order valence-corrected chi connectivity index (χ3v) is 8.93. The van der Waals surface area contributed by atoms with Gasteiger partial charge in [0.05, 0.1) is 0 Å². The van der Waals surface area contributed by atoms with Crippen molar-refractivity contribution < 1.29 is 4.79 Å². The average Bonchev–Trinajstić information content (AvgIpc) is 2.85. The molecule has 2 aromatic carbocycles. The van der Waals surface area contributed by atoms with E-state index in [-0.39, 0.29) is 11.2 Å². The standard InChI is InChI=1S/C34H43NO/c1-7-34(8-2,30-13-15-32(25(4)19-30)33(6)16-10-9-11-17-33)29-12-14-31(24(3)18-29)28-21-27(20-26(5)36)22-35-23-28/h12-15,18-19,21-23H,7-11,16-17,20H2,1-6H3. The summed E-state index contributed by atoms with van der Waals surface area (Å²) in [6, 6.07) is 16.4. The van der Waals surface area contributed by atoms with Gasteiger partial charge in [0.2, 0.25) is 0 Å². The predicted molar refractivity (Wildman–Crippen MR) is 152 cm³/mol. The van der Waals surface area contributed by atoms with Gasteiger partial charge in [0, 0.05) is 29.8 Å². The Hall–Kier alpha value is -2.74. The van der Waals surface area contributed by atoms with E-state index in [9.17, 15) is 4.79 Å². The van der Waals surface area contributed by atoms with Crippen LogP contribution >= 0.6 is 0 Å². The second kappa shape index (κ2) is 10.7. The molecule has 0 saturated heterocycles. The van der Waals surface area contributed by atoms with Crippen molar-refractivity contribution in [3.63, 3.8) is 0 Å². The Morgan fingerprint density at radius 1 is 0.889 bits per heavy atom. The molecule has 0 spiro atoms. The van der Waals surface area contributed by atoms with Crippen LogP contribution in [0.2, 0.25) is 0 Å². The maximum atomic E-state index is 11.6. The van der Waals surface area contributed by atoms with Crippen LogP contribution < -0.4 is 0 Å². The fourth-order valence-corrected chi connectivity index (χ4v) is 6.78. The molecule has 1 aliphatic rings. The summed E-state index contributed by atoms with van der Waals surface area (Å²) in [5.74, 6) is 0.162. The third-order valence-electron chi connectivity index (χ3n) is 8.93. The van der Waals surface area contributed by atoms with Crippen LogP contribution in [0.1, 0.15) is 106 Å². The van der Waals surface area contributed by atoms with Gasteiger partial charge in [-0.25, -0.2) is 0 Å². The topological polar surface area (TPSA) is 30.0 Å². The van der Waals surface area contributed by atoms with Crippen LogP contribution in [0.5, 0.6) is 0 Å². The normalized spacial score (nSPS) is 15.6. The zero-order valence-electron chi connectivity index (χ0n) is 23.2. The summed E-state index contributed by atoms with van der Waals surface area (Å²) in [5, 5.41) is 0. The molecule has 0 atom stereocenters. The monoisotopic (exact) mass is 481 g/mol. The highest BCUT2D eigenvalue weighted by Crippen LogP contribution is 2.44. The lowest BCUT2D eigenvalue weighted by atomic mass is 9.66. The minimum atomic E-state index is -0.00518. The van der Waals surface area contributed by atoms with Crippen molar-refractivity contribution in [3.05, 3.63) is 88.2 Å². The van der Waals surface area contributed by atoms with Crippen molar-refractivity contribution in [3.8, 4) is 11.1 Å². The first kappa shape index (κ1) is 26.3. The number of Topliss-reactive ketones (excluding diaryl/α,β-unsaturated/α-hetero) is 1. The van der Waals surface area contributed by atoms with Gasteiger partial charge in [-0.3, -0.25) is 9.78 Å². The molecule has 1 fully saturated rings. The summed E-state index contributed by atoms with van der Waals surface area (Å²) >= 11 is 0. The van der Waals surface area contributed by atoms with E-state index < -0.39 is 0 Å². The quantitative estimate of drug-likeness (QED) is 0.322. The number of aromatic nitrogens is 1. The molecule has 0 amide bonds. The van der Waals surface area contributed by atoms with Crippen molar-refractivity contribution in [2.45, 2.75) is 104 Å². The molecule has 1 aromatic heterocycles. The third kappa shape index (κ3) is 5.05. The molecule has 1 aliphatic carbocycles. The fourth-order valence-electron chi connectivity index (χ4n) is 6.78. The van der Waals surface area contributed by atoms with Crippen LogP contribution in [0, 0.1) is 13.8 Å². The first-order chi connectivity index (χ1) is 17.2. The second-order valence-electron chi connectivity index (χ2n) is 11.4. The molecule has 0 aliphatic heterocycles. The Morgan fingerprint density at radius 3 is 2.11 bits per heavy atom. The Bertz CT molecular complexity index is 1230. The number of carbonyl (C=O) groups excluding carboxylic acids is 1. The van der Waals surface area contributed by atoms with E-state index in [1.165, 1.54) is 59.9 Å². The van der Waals surface area contributed by atoms with E-state index in [2.05, 4.69) is 82.1 Å². The number of aryl methyl sites for hydroxylation is 2. The van der Waals surface area contributed by atoms with Gasteiger partial charge in [-0.1, -0.05) is 76.4 Å². The van der Waals surface area contributed by atoms with Gasteiger partial charge in [0.1, 0.15) is 5.78 Å². The second-order valence-corrected chi connectivity index (χ2v) is 11.4. The molecule has 0 N–H and O–H groups in total. The summed E-state index contributed by atoms with van der Waals surface area (Å²) in [6.07, 6.45) is 13.0. The van der Waals surface area contributed by atoms with Gasteiger partial charge < -0.3 is 0 Å². The summed E-state index contributed by atoms with van der Waals surface area (Å²) in [6.45, 7) is 13.3. The molecule has 1 heterocycles. The number of rotatable bonds is 8. The predicted octanol–water partition coefficient (Wildman–Crippen LogP) is 8.82. The molecule has 36 heavy (non-hydrogen) atoms. The molecule has 2 nitrogen and oxygen atoms in total. The minimum absolute atomic E-state index is 0.00518. The summed E-state index contributed by atoms with van der Waals surface area (Å²) in [5.41, 5.74) is 10.6. The van der Waals surface area contributed by atoms with Crippen LogP contribution in [0.25, 0.3) is 11.1 Å². The first-order valence-corrected chi connectivity index (χ1v) is 13.9. The van der Waals surface area contributed by atoms with Gasteiger partial charge in [-0.15, -0.1) is 0 Å². The van der Waals surface area contributed by atoms with E-state index in [1.807, 2.05) is 6.20 Å². The van der Waals surface area contributed by atoms with E-state index in [0.717, 1.165) is 24.0 Å². The van der Waals surface area contributed by atoms with Crippen LogP contribution in [0.3, 0.4) is 0 Å². The molecule has 3 aromatic rings. The zero-order valence-corrected chi connectivity index (χ0v) is 23.2. The summed E-state index contributed by atoms with van der Waals surface area (Å²) in [4.78, 5) is 16.0. The van der Waals surface area contributed by atoms with Crippen LogP contribution in [-0.2, 0) is 22.0 Å². The van der Waals surface area contributed by atoms with Crippen molar-refractivity contribution >= 4 is 5.78 Å². The molecular formula is C34H43NO. The number of nitrogens with zero attached hydrogens (tertiary/aromatic N) is 1. The van der Waals surface area contributed by atoms with Crippen LogP contribution in [-0.4, -0.2) is 10.8 Å². The molecule has 1 saturated carbocycles. The molecule has 2 heteroatoms. The van der Waals surface area contributed by atoms with E-state index in [4.69, 9.17) is 0 Å². The number of hydrogen-bond acceptors (Lipinski definition) is 2. The summed E-state index contributed by atoms with van der Waals surface area (Å²) in [7, 11) is 0. The van der Waals surface area contributed by atoms with Gasteiger partial charge in [-0.2, -0.15) is 0 Å². The first-order valence-electron chi connectivity index (χ1n) is 13.9. The minimum Gasteiger partial charge on any atom is -0.300 e. The average molecular weight is 482 g/mol. The van der Waals surface area contributed by atoms with Crippen molar-refractivity contribution in [1.82, 2.24) is 4.98 Å². The van der Waals surface area contributed by atoms with E-state index in [1.54, 1.807) is 18.7 Å². The van der Waals surface area contributed by atoms with E-state index >= 15 is 0 Å². The Kier molecular flexibility index (Phi) is 7.83. The Morgan fingerprint density at radius 2 is 1.53 bits per heavy atom. The van der Waals surface area contributed by atoms with E-state index in [0.29, 0.717) is 11.8 Å². The molecule has 190 valence electrons. The SMILES string of the molecule is CCC(CC)(c1ccc(-c2cncc(CC(C)=O)c2)c(C)c1)c1ccc(C2(C)CCCCC2)c(C)c1. The molecule has 0 radical (unpaired) electrons. The van der Waals surface area contributed by atoms with Crippen LogP contribution in [0.15, 0.2) is 54.9 Å². The van der Waals surface area contributed by atoms with Crippen molar-refractivity contribution in [1.29, 1.82) is 0 Å². The molecule has 0 unspecified atom stereocenters. The Labute approximate surface area is 218 Å². The smallest absolute Gasteiger partial charge is 0.134 e. The highest BCUT2D eigenvalue weighted by molar-refractivity contribution is 5.79. The highest BCUT2D eigenvalue weighted by Gasteiger charge is 2.34. The van der Waals surface area contributed by atoms with Crippen molar-refractivity contribution in [2.24, 2.45) is 0 Å².